The normalized spacial score (nSPS) is 17.9. The molecule has 0 spiro atoms. The molecule has 0 radical (unpaired) electrons. The van der Waals surface area contributed by atoms with Gasteiger partial charge in [0.15, 0.2) is 0 Å². The first-order chi connectivity index (χ1) is 14.2. The summed E-state index contributed by atoms with van der Waals surface area (Å²) < 4.78 is 24.7. The third kappa shape index (κ3) is 5.79. The lowest BCUT2D eigenvalue weighted by molar-refractivity contribution is -0.141. The minimum absolute atomic E-state index is 0.265. The third-order valence-corrected chi connectivity index (χ3v) is 4.64. The number of amides is 2. The molecule has 1 fully saturated rings. The van der Waals surface area contributed by atoms with Gasteiger partial charge in [-0.15, -0.1) is 0 Å². The van der Waals surface area contributed by atoms with E-state index in [9.17, 15) is 14.0 Å². The maximum Gasteiger partial charge on any atom is 0.408 e. The predicted molar refractivity (Wildman–Crippen MR) is 110 cm³/mol. The molecule has 1 aliphatic heterocycles. The number of carbonyl (C=O) groups is 2. The van der Waals surface area contributed by atoms with Crippen LogP contribution in [0.25, 0.3) is 0 Å². The van der Waals surface area contributed by atoms with Gasteiger partial charge in [-0.2, -0.15) is 0 Å². The van der Waals surface area contributed by atoms with Crippen molar-refractivity contribution in [3.8, 4) is 0 Å². The van der Waals surface area contributed by atoms with Crippen LogP contribution in [0.3, 0.4) is 0 Å². The molecule has 0 bridgehead atoms. The molecule has 1 saturated heterocycles. The van der Waals surface area contributed by atoms with Gasteiger partial charge >= 0.3 is 6.09 Å². The Labute approximate surface area is 176 Å². The number of alkyl carbamates (subject to hydrolysis) is 1. The Balaban J connectivity index is 1.79. The zero-order valence-electron chi connectivity index (χ0n) is 17.4. The second-order valence-corrected chi connectivity index (χ2v) is 8.19. The van der Waals surface area contributed by atoms with E-state index in [1.165, 1.54) is 12.1 Å². The molecule has 1 N–H and O–H groups in total. The van der Waals surface area contributed by atoms with E-state index in [4.69, 9.17) is 9.47 Å². The van der Waals surface area contributed by atoms with E-state index in [1.807, 2.05) is 6.07 Å². The molecule has 0 saturated carbocycles. The predicted octanol–water partition coefficient (Wildman–Crippen LogP) is 3.99. The van der Waals surface area contributed by atoms with Gasteiger partial charge in [0.05, 0.1) is 13.2 Å². The lowest BCUT2D eigenvalue weighted by Crippen LogP contribution is -2.48. The first-order valence-electron chi connectivity index (χ1n) is 9.93. The van der Waals surface area contributed by atoms with E-state index < -0.39 is 23.8 Å². The van der Waals surface area contributed by atoms with E-state index in [-0.39, 0.29) is 18.3 Å². The summed E-state index contributed by atoms with van der Waals surface area (Å²) >= 11 is 0. The van der Waals surface area contributed by atoms with Crippen molar-refractivity contribution < 1.29 is 23.5 Å². The zero-order valence-corrected chi connectivity index (χ0v) is 17.4. The fourth-order valence-corrected chi connectivity index (χ4v) is 3.30. The second kappa shape index (κ2) is 9.26. The molecule has 7 heteroatoms. The van der Waals surface area contributed by atoms with Crippen LogP contribution >= 0.6 is 0 Å². The third-order valence-electron chi connectivity index (χ3n) is 4.64. The van der Waals surface area contributed by atoms with Crippen LogP contribution in [0.2, 0.25) is 0 Å². The van der Waals surface area contributed by atoms with Crippen molar-refractivity contribution in [2.75, 3.05) is 19.7 Å². The van der Waals surface area contributed by atoms with Crippen molar-refractivity contribution in [3.05, 3.63) is 71.5 Å². The summed E-state index contributed by atoms with van der Waals surface area (Å²) in [5.74, 6) is -0.620. The summed E-state index contributed by atoms with van der Waals surface area (Å²) in [6.07, 6.45) is -1.10. The van der Waals surface area contributed by atoms with Gasteiger partial charge < -0.3 is 19.7 Å². The van der Waals surface area contributed by atoms with Crippen LogP contribution in [-0.2, 0) is 14.3 Å². The van der Waals surface area contributed by atoms with Gasteiger partial charge in [-0.3, -0.25) is 4.79 Å². The molecule has 30 heavy (non-hydrogen) atoms. The topological polar surface area (TPSA) is 67.9 Å². The van der Waals surface area contributed by atoms with Crippen LogP contribution < -0.4 is 5.32 Å². The molecule has 1 heterocycles. The highest BCUT2D eigenvalue weighted by molar-refractivity contribution is 5.87. The standard InChI is InChI=1S/C23H27FN2O4/c1-23(2,3)30-22(28)25-20(16-8-5-4-6-9-16)21(27)26-12-13-29-19(15-26)17-10-7-11-18(24)14-17/h4-11,14,19-20H,12-13,15H2,1-3H3,(H,25,28)/t19?,20-/m0/s1. The van der Waals surface area contributed by atoms with Crippen LogP contribution in [-0.4, -0.2) is 42.2 Å². The average molecular weight is 414 g/mol. The number of hydrogen-bond donors (Lipinski definition) is 1. The second-order valence-electron chi connectivity index (χ2n) is 8.19. The smallest absolute Gasteiger partial charge is 0.408 e. The Hall–Kier alpha value is -2.93. The van der Waals surface area contributed by atoms with Crippen LogP contribution in [0.15, 0.2) is 54.6 Å². The number of morpholine rings is 1. The molecular weight excluding hydrogens is 387 g/mol. The van der Waals surface area contributed by atoms with Crippen molar-refractivity contribution in [1.29, 1.82) is 0 Å². The lowest BCUT2D eigenvalue weighted by atomic mass is 10.0. The van der Waals surface area contributed by atoms with Crippen molar-refractivity contribution in [2.45, 2.75) is 38.5 Å². The molecule has 3 rings (SSSR count). The minimum Gasteiger partial charge on any atom is -0.444 e. The van der Waals surface area contributed by atoms with Crippen molar-refractivity contribution in [1.82, 2.24) is 10.2 Å². The maximum absolute atomic E-state index is 13.6. The molecule has 2 atom stereocenters. The van der Waals surface area contributed by atoms with Gasteiger partial charge in [0, 0.05) is 6.54 Å². The monoisotopic (exact) mass is 414 g/mol. The van der Waals surface area contributed by atoms with Crippen LogP contribution in [0.4, 0.5) is 9.18 Å². The maximum atomic E-state index is 13.6. The number of benzene rings is 2. The molecule has 0 aliphatic carbocycles. The molecular formula is C23H27FN2O4. The summed E-state index contributed by atoms with van der Waals surface area (Å²) in [6, 6.07) is 14.3. The van der Waals surface area contributed by atoms with Crippen LogP contribution in [0.5, 0.6) is 0 Å². The van der Waals surface area contributed by atoms with E-state index in [0.29, 0.717) is 24.3 Å². The molecule has 2 amide bonds. The Bertz CT molecular complexity index is 882. The van der Waals surface area contributed by atoms with E-state index in [0.717, 1.165) is 0 Å². The van der Waals surface area contributed by atoms with Crippen LogP contribution in [0.1, 0.15) is 44.0 Å². The fraction of sp³-hybridized carbons (Fsp3) is 0.391. The van der Waals surface area contributed by atoms with Gasteiger partial charge in [0.2, 0.25) is 5.91 Å². The number of nitrogens with zero attached hydrogens (tertiary/aromatic N) is 1. The minimum atomic E-state index is -0.896. The number of rotatable bonds is 4. The first kappa shape index (κ1) is 21.8. The van der Waals surface area contributed by atoms with Gasteiger partial charge in [-0.05, 0) is 44.0 Å². The molecule has 160 valence electrons. The van der Waals surface area contributed by atoms with Crippen molar-refractivity contribution >= 4 is 12.0 Å². The van der Waals surface area contributed by atoms with Crippen molar-refractivity contribution in [2.24, 2.45) is 0 Å². The summed E-state index contributed by atoms with van der Waals surface area (Å²) in [4.78, 5) is 27.4. The Morgan fingerprint density at radius 2 is 1.90 bits per heavy atom. The molecule has 2 aromatic carbocycles. The van der Waals surface area contributed by atoms with E-state index in [1.54, 1.807) is 62.1 Å². The molecule has 1 unspecified atom stereocenters. The summed E-state index contributed by atoms with van der Waals surface area (Å²) in [6.45, 7) is 6.25. The van der Waals surface area contributed by atoms with E-state index in [2.05, 4.69) is 5.32 Å². The SMILES string of the molecule is CC(C)(C)OC(=O)N[C@H](C(=O)N1CCOC(c2cccc(F)c2)C1)c1ccccc1. The molecule has 2 aromatic rings. The number of halogens is 1. The molecule has 0 aromatic heterocycles. The van der Waals surface area contributed by atoms with E-state index >= 15 is 0 Å². The lowest BCUT2D eigenvalue weighted by Gasteiger charge is -2.35. The number of nitrogens with one attached hydrogen (secondary N) is 1. The number of hydrogen-bond acceptors (Lipinski definition) is 4. The van der Waals surface area contributed by atoms with Gasteiger partial charge in [-0.25, -0.2) is 9.18 Å². The quantitative estimate of drug-likeness (QED) is 0.821. The summed E-state index contributed by atoms with van der Waals surface area (Å²) in [7, 11) is 0. The number of ether oxygens (including phenoxy) is 2. The van der Waals surface area contributed by atoms with Gasteiger partial charge in [0.25, 0.3) is 0 Å². The summed E-state index contributed by atoms with van der Waals surface area (Å²) in [5.41, 5.74) is 0.640. The molecule has 6 nitrogen and oxygen atoms in total. The highest BCUT2D eigenvalue weighted by atomic mass is 19.1. The summed E-state index contributed by atoms with van der Waals surface area (Å²) in [5, 5.41) is 2.70. The van der Waals surface area contributed by atoms with Crippen LogP contribution in [0, 0.1) is 5.82 Å². The Morgan fingerprint density at radius 3 is 2.57 bits per heavy atom. The highest BCUT2D eigenvalue weighted by Gasteiger charge is 2.33. The largest absolute Gasteiger partial charge is 0.444 e. The fourth-order valence-electron chi connectivity index (χ4n) is 3.30. The van der Waals surface area contributed by atoms with Gasteiger partial charge in [0.1, 0.15) is 23.6 Å². The highest BCUT2D eigenvalue weighted by Crippen LogP contribution is 2.25. The Kier molecular flexibility index (Phi) is 6.72. The first-order valence-corrected chi connectivity index (χ1v) is 9.93. The average Bonchev–Trinajstić information content (AvgIpc) is 2.71. The Morgan fingerprint density at radius 1 is 1.17 bits per heavy atom. The van der Waals surface area contributed by atoms with Gasteiger partial charge in [-0.1, -0.05) is 42.5 Å². The number of carbonyl (C=O) groups excluding carboxylic acids is 2. The zero-order chi connectivity index (χ0) is 21.7. The molecule has 1 aliphatic rings. The van der Waals surface area contributed by atoms with Crippen molar-refractivity contribution in [3.63, 3.8) is 0 Å².